The highest BCUT2D eigenvalue weighted by molar-refractivity contribution is 6.14. The maximum Gasteiger partial charge on any atom is 0.275 e. The topological polar surface area (TPSA) is 63.6 Å². The number of carbonyl (C=O) groups excluding carboxylic acids is 2. The number of aryl methyl sites for hydroxylation is 1. The molecule has 1 aliphatic heterocycles. The van der Waals surface area contributed by atoms with Gasteiger partial charge in [0.05, 0.1) is 19.2 Å². The van der Waals surface area contributed by atoms with Crippen LogP contribution in [0.2, 0.25) is 0 Å². The van der Waals surface area contributed by atoms with Gasteiger partial charge in [-0.1, -0.05) is 50.3 Å². The van der Waals surface area contributed by atoms with Gasteiger partial charge in [-0.3, -0.25) is 14.5 Å². The van der Waals surface area contributed by atoms with E-state index in [0.29, 0.717) is 12.2 Å². The number of ether oxygens (including phenoxy) is 1. The van der Waals surface area contributed by atoms with Crippen LogP contribution in [0.5, 0.6) is 5.75 Å². The van der Waals surface area contributed by atoms with Crippen LogP contribution >= 0.6 is 0 Å². The average Bonchev–Trinajstić information content (AvgIpc) is 3.19. The lowest BCUT2D eigenvalue weighted by molar-refractivity contribution is -0.127. The van der Waals surface area contributed by atoms with Gasteiger partial charge in [-0.05, 0) is 56.5 Å². The van der Waals surface area contributed by atoms with Crippen molar-refractivity contribution in [3.05, 3.63) is 59.8 Å². The summed E-state index contributed by atoms with van der Waals surface area (Å²) in [7, 11) is 1.64. The van der Waals surface area contributed by atoms with Crippen LogP contribution in [0.1, 0.15) is 67.9 Å². The smallest absolute Gasteiger partial charge is 0.275 e. The van der Waals surface area contributed by atoms with Gasteiger partial charge < -0.3 is 14.6 Å². The molecule has 2 amide bonds. The van der Waals surface area contributed by atoms with Crippen LogP contribution in [0.4, 0.5) is 5.69 Å². The molecule has 35 heavy (non-hydrogen) atoms. The number of benzene rings is 2. The molecule has 0 radical (unpaired) electrons. The zero-order chi connectivity index (χ0) is 24.6. The van der Waals surface area contributed by atoms with Crippen molar-refractivity contribution in [1.29, 1.82) is 0 Å². The second-order valence-electron chi connectivity index (χ2n) is 10.3. The highest BCUT2D eigenvalue weighted by Gasteiger charge is 2.49. The summed E-state index contributed by atoms with van der Waals surface area (Å²) in [6, 6.07) is 15.7. The Hall–Kier alpha value is -3.28. The fraction of sp³-hybridized carbons (Fsp3) is 0.448. The Morgan fingerprint density at radius 3 is 2.46 bits per heavy atom. The molecule has 2 aromatic carbocycles. The second-order valence-corrected chi connectivity index (χ2v) is 10.3. The molecule has 0 spiro atoms. The minimum atomic E-state index is -1.08. The van der Waals surface area contributed by atoms with Crippen LogP contribution in [0.15, 0.2) is 48.5 Å². The molecule has 1 atom stereocenters. The highest BCUT2D eigenvalue weighted by Crippen LogP contribution is 2.38. The largest absolute Gasteiger partial charge is 0.497 e. The molecule has 1 aliphatic carbocycles. The first kappa shape index (κ1) is 23.5. The molecule has 0 saturated heterocycles. The number of carbonyl (C=O) groups is 2. The summed E-state index contributed by atoms with van der Waals surface area (Å²) in [6.07, 6.45) is 7.98. The van der Waals surface area contributed by atoms with Gasteiger partial charge in [-0.2, -0.15) is 0 Å². The minimum Gasteiger partial charge on any atom is -0.497 e. The van der Waals surface area contributed by atoms with Crippen molar-refractivity contribution in [3.63, 3.8) is 0 Å². The normalized spacial score (nSPS) is 21.3. The maximum atomic E-state index is 14.1. The van der Waals surface area contributed by atoms with Crippen LogP contribution in [0.25, 0.3) is 10.9 Å². The third-order valence-electron chi connectivity index (χ3n) is 7.78. The standard InChI is InChI=1S/C29H35N3O3/c1-20-11-9-10-14-24(20)32-27(33)26-17-21-15-16-23(35-3)18-25(21)31(26)19-29(32,2)28(34)30-22-12-7-5-4-6-8-13-22/h9-11,14-18,22H,4-8,12-13,19H2,1-3H3,(H,30,34). The number of anilines is 1. The summed E-state index contributed by atoms with van der Waals surface area (Å²) < 4.78 is 7.44. The number of rotatable bonds is 4. The lowest BCUT2D eigenvalue weighted by Crippen LogP contribution is -2.65. The molecule has 1 N–H and O–H groups in total. The second kappa shape index (κ2) is 9.40. The van der Waals surface area contributed by atoms with Crippen molar-refractivity contribution >= 4 is 28.4 Å². The van der Waals surface area contributed by atoms with Gasteiger partial charge >= 0.3 is 0 Å². The van der Waals surface area contributed by atoms with Crippen LogP contribution < -0.4 is 15.0 Å². The van der Waals surface area contributed by atoms with Crippen molar-refractivity contribution in [2.75, 3.05) is 12.0 Å². The number of amides is 2. The molecule has 3 aromatic rings. The van der Waals surface area contributed by atoms with Crippen molar-refractivity contribution in [2.45, 2.75) is 76.9 Å². The summed E-state index contributed by atoms with van der Waals surface area (Å²) in [6.45, 7) is 4.27. The van der Waals surface area contributed by atoms with Gasteiger partial charge in [0.25, 0.3) is 5.91 Å². The molecule has 1 aromatic heterocycles. The SMILES string of the molecule is COc1ccc2cc3n(c2c1)CC(C)(C(=O)NC1CCCCCCC1)N(c1ccccc1C)C3=O. The molecular formula is C29H35N3O3. The monoisotopic (exact) mass is 473 g/mol. The number of aromatic nitrogens is 1. The molecule has 6 nitrogen and oxygen atoms in total. The van der Waals surface area contributed by atoms with Gasteiger partial charge in [0, 0.05) is 23.2 Å². The van der Waals surface area contributed by atoms with E-state index < -0.39 is 5.54 Å². The third kappa shape index (κ3) is 4.19. The van der Waals surface area contributed by atoms with E-state index in [9.17, 15) is 9.59 Å². The summed E-state index contributed by atoms with van der Waals surface area (Å²) >= 11 is 0. The average molecular weight is 474 g/mol. The third-order valence-corrected chi connectivity index (χ3v) is 7.78. The Balaban J connectivity index is 1.59. The van der Waals surface area contributed by atoms with E-state index in [1.165, 1.54) is 19.3 Å². The number of nitrogens with one attached hydrogen (secondary N) is 1. The highest BCUT2D eigenvalue weighted by atomic mass is 16.5. The zero-order valence-corrected chi connectivity index (χ0v) is 21.0. The van der Waals surface area contributed by atoms with E-state index >= 15 is 0 Å². The maximum absolute atomic E-state index is 14.1. The summed E-state index contributed by atoms with van der Waals surface area (Å²) in [5.41, 5.74) is 2.17. The fourth-order valence-corrected chi connectivity index (χ4v) is 5.73. The molecule has 6 heteroatoms. The lowest BCUT2D eigenvalue weighted by Gasteiger charge is -2.45. The quantitative estimate of drug-likeness (QED) is 0.536. The van der Waals surface area contributed by atoms with Gasteiger partial charge in [0.15, 0.2) is 0 Å². The Labute approximate surface area is 207 Å². The van der Waals surface area contributed by atoms with E-state index in [0.717, 1.165) is 53.6 Å². The van der Waals surface area contributed by atoms with E-state index in [1.807, 2.05) is 66.9 Å². The molecule has 1 saturated carbocycles. The minimum absolute atomic E-state index is 0.0879. The first-order chi connectivity index (χ1) is 16.9. The molecule has 2 heterocycles. The summed E-state index contributed by atoms with van der Waals surface area (Å²) in [5.74, 6) is 0.485. The molecule has 0 bridgehead atoms. The van der Waals surface area contributed by atoms with Crippen LogP contribution in [-0.2, 0) is 11.3 Å². The van der Waals surface area contributed by atoms with Gasteiger partial charge in [0.2, 0.25) is 5.91 Å². The van der Waals surface area contributed by atoms with E-state index in [4.69, 9.17) is 4.74 Å². The Morgan fingerprint density at radius 2 is 1.74 bits per heavy atom. The molecule has 2 aliphatic rings. The van der Waals surface area contributed by atoms with Crippen LogP contribution in [0, 0.1) is 6.92 Å². The number of methoxy groups -OCH3 is 1. The van der Waals surface area contributed by atoms with Crippen molar-refractivity contribution in [1.82, 2.24) is 9.88 Å². The lowest BCUT2D eigenvalue weighted by atomic mass is 9.91. The van der Waals surface area contributed by atoms with E-state index in [2.05, 4.69) is 5.32 Å². The molecule has 1 unspecified atom stereocenters. The number of hydrogen-bond donors (Lipinski definition) is 1. The molecule has 5 rings (SSSR count). The zero-order valence-electron chi connectivity index (χ0n) is 21.0. The van der Waals surface area contributed by atoms with Crippen molar-refractivity contribution < 1.29 is 14.3 Å². The van der Waals surface area contributed by atoms with Crippen LogP contribution in [0.3, 0.4) is 0 Å². The number of hydrogen-bond acceptors (Lipinski definition) is 3. The van der Waals surface area contributed by atoms with E-state index in [-0.39, 0.29) is 17.9 Å². The first-order valence-corrected chi connectivity index (χ1v) is 12.8. The summed E-state index contributed by atoms with van der Waals surface area (Å²) in [4.78, 5) is 29.9. The first-order valence-electron chi connectivity index (χ1n) is 12.8. The van der Waals surface area contributed by atoms with Gasteiger partial charge in [-0.15, -0.1) is 0 Å². The van der Waals surface area contributed by atoms with Crippen molar-refractivity contribution in [3.8, 4) is 5.75 Å². The number of fused-ring (bicyclic) bond motifs is 3. The number of para-hydroxylation sites is 1. The number of nitrogens with zero attached hydrogens (tertiary/aromatic N) is 2. The van der Waals surface area contributed by atoms with E-state index in [1.54, 1.807) is 12.0 Å². The molecular weight excluding hydrogens is 438 g/mol. The Kier molecular flexibility index (Phi) is 6.30. The predicted molar refractivity (Wildman–Crippen MR) is 139 cm³/mol. The fourth-order valence-electron chi connectivity index (χ4n) is 5.73. The Bertz CT molecular complexity index is 1260. The summed E-state index contributed by atoms with van der Waals surface area (Å²) in [5, 5.41) is 4.32. The van der Waals surface area contributed by atoms with Crippen LogP contribution in [-0.4, -0.2) is 35.1 Å². The van der Waals surface area contributed by atoms with Gasteiger partial charge in [0.1, 0.15) is 17.0 Å². The molecule has 1 fully saturated rings. The van der Waals surface area contributed by atoms with Crippen molar-refractivity contribution in [2.24, 2.45) is 0 Å². The van der Waals surface area contributed by atoms with Gasteiger partial charge in [-0.25, -0.2) is 0 Å². The Morgan fingerprint density at radius 1 is 1.03 bits per heavy atom. The predicted octanol–water partition coefficient (Wildman–Crippen LogP) is 5.61. The molecule has 184 valence electrons.